The van der Waals surface area contributed by atoms with Gasteiger partial charge in [-0.1, -0.05) is 12.2 Å². The van der Waals surface area contributed by atoms with E-state index >= 15 is 0 Å². The highest BCUT2D eigenvalue weighted by Gasteiger charge is 2.10. The van der Waals surface area contributed by atoms with Gasteiger partial charge in [-0.25, -0.2) is 4.79 Å². The van der Waals surface area contributed by atoms with Crippen molar-refractivity contribution in [2.45, 2.75) is 45.1 Å². The number of fused-ring (bicyclic) bond motifs is 1. The zero-order valence-electron chi connectivity index (χ0n) is 13.2. The Labute approximate surface area is 134 Å². The summed E-state index contributed by atoms with van der Waals surface area (Å²) in [5, 5.41) is 28.9. The van der Waals surface area contributed by atoms with E-state index in [-0.39, 0.29) is 23.0 Å². The maximum absolute atomic E-state index is 11.9. The molecule has 23 heavy (non-hydrogen) atoms. The summed E-state index contributed by atoms with van der Waals surface area (Å²) in [5.41, 5.74) is -0.591. The summed E-state index contributed by atoms with van der Waals surface area (Å²) >= 11 is 0. The molecule has 2 rings (SSSR count). The van der Waals surface area contributed by atoms with Gasteiger partial charge in [0.1, 0.15) is 22.6 Å². The highest BCUT2D eigenvalue weighted by molar-refractivity contribution is 5.88. The van der Waals surface area contributed by atoms with Crippen molar-refractivity contribution in [1.82, 2.24) is 0 Å². The maximum atomic E-state index is 11.9. The normalized spacial score (nSPS) is 13.0. The number of unbranched alkanes of at least 4 members (excludes halogenated alkanes) is 2. The smallest absolute Gasteiger partial charge is 0.347 e. The van der Waals surface area contributed by atoms with E-state index in [1.807, 2.05) is 12.2 Å². The maximum Gasteiger partial charge on any atom is 0.347 e. The molecule has 0 saturated heterocycles. The lowest BCUT2D eigenvalue weighted by molar-refractivity contribution is 0.198. The van der Waals surface area contributed by atoms with Crippen LogP contribution in [0.15, 0.2) is 39.6 Å². The fourth-order valence-corrected chi connectivity index (χ4v) is 2.44. The van der Waals surface area contributed by atoms with Crippen LogP contribution in [0.25, 0.3) is 10.8 Å². The molecule has 0 amide bonds. The van der Waals surface area contributed by atoms with Gasteiger partial charge in [-0.3, -0.25) is 0 Å². The lowest BCUT2D eigenvalue weighted by Crippen LogP contribution is -2.02. The number of phenols is 2. The molecule has 0 spiro atoms. The third-order valence-electron chi connectivity index (χ3n) is 3.57. The van der Waals surface area contributed by atoms with Gasteiger partial charge in [0, 0.05) is 12.5 Å². The molecular weight excluding hydrogens is 296 g/mol. The van der Waals surface area contributed by atoms with Crippen molar-refractivity contribution in [2.24, 2.45) is 0 Å². The molecule has 0 radical (unpaired) electrons. The Balaban J connectivity index is 1.96. The molecule has 1 atom stereocenters. The van der Waals surface area contributed by atoms with Crippen LogP contribution in [0.3, 0.4) is 0 Å². The van der Waals surface area contributed by atoms with Gasteiger partial charge in [0.2, 0.25) is 0 Å². The first-order chi connectivity index (χ1) is 11.0. The fraction of sp³-hybridized carbons (Fsp3) is 0.389. The monoisotopic (exact) mass is 318 g/mol. The molecule has 3 N–H and O–H groups in total. The standard InChI is InChI=1S/C18H22O5/c1-12(19)7-5-3-2-4-6-8-15-10-13-9-14(20)11-16(21)17(13)18(22)23-15/h3,5,9-12,19-21H,2,4,6-8H2,1H3/t12-/m0/s1. The van der Waals surface area contributed by atoms with E-state index in [1.54, 1.807) is 13.0 Å². The Morgan fingerprint density at radius 1 is 1.17 bits per heavy atom. The zero-order chi connectivity index (χ0) is 16.8. The number of allylic oxidation sites excluding steroid dienone is 1. The van der Waals surface area contributed by atoms with Gasteiger partial charge in [0.25, 0.3) is 0 Å². The van der Waals surface area contributed by atoms with E-state index in [9.17, 15) is 15.0 Å². The number of aliphatic hydroxyl groups excluding tert-OH is 1. The van der Waals surface area contributed by atoms with Crippen molar-refractivity contribution in [1.29, 1.82) is 0 Å². The lowest BCUT2D eigenvalue weighted by atomic mass is 10.1. The van der Waals surface area contributed by atoms with Crippen LogP contribution < -0.4 is 5.63 Å². The zero-order valence-corrected chi connectivity index (χ0v) is 13.2. The Morgan fingerprint density at radius 3 is 2.70 bits per heavy atom. The van der Waals surface area contributed by atoms with Crippen LogP contribution in [-0.2, 0) is 6.42 Å². The highest BCUT2D eigenvalue weighted by atomic mass is 16.4. The van der Waals surface area contributed by atoms with E-state index < -0.39 is 5.63 Å². The third kappa shape index (κ3) is 4.86. The summed E-state index contributed by atoms with van der Waals surface area (Å²) < 4.78 is 5.22. The van der Waals surface area contributed by atoms with Gasteiger partial charge in [-0.05, 0) is 50.1 Å². The molecule has 5 nitrogen and oxygen atoms in total. The van der Waals surface area contributed by atoms with Crippen molar-refractivity contribution in [2.75, 3.05) is 0 Å². The molecule has 0 aliphatic rings. The summed E-state index contributed by atoms with van der Waals surface area (Å²) in [6.07, 6.45) is 7.68. The van der Waals surface area contributed by atoms with E-state index in [4.69, 9.17) is 9.52 Å². The Hall–Kier alpha value is -2.27. The summed E-state index contributed by atoms with van der Waals surface area (Å²) in [5.74, 6) is 0.179. The van der Waals surface area contributed by atoms with Gasteiger partial charge in [-0.15, -0.1) is 0 Å². The number of aliphatic hydroxyl groups is 1. The Morgan fingerprint density at radius 2 is 1.96 bits per heavy atom. The predicted molar refractivity (Wildman–Crippen MR) is 88.8 cm³/mol. The van der Waals surface area contributed by atoms with Gasteiger partial charge < -0.3 is 19.7 Å². The van der Waals surface area contributed by atoms with Crippen LogP contribution in [-0.4, -0.2) is 21.4 Å². The van der Waals surface area contributed by atoms with Crippen LogP contribution in [0.2, 0.25) is 0 Å². The second-order valence-corrected chi connectivity index (χ2v) is 5.73. The largest absolute Gasteiger partial charge is 0.508 e. The first-order valence-electron chi connectivity index (χ1n) is 7.79. The van der Waals surface area contributed by atoms with Gasteiger partial charge in [-0.2, -0.15) is 0 Å². The average molecular weight is 318 g/mol. The fourth-order valence-electron chi connectivity index (χ4n) is 2.44. The molecule has 1 aromatic heterocycles. The first-order valence-corrected chi connectivity index (χ1v) is 7.79. The lowest BCUT2D eigenvalue weighted by Gasteiger charge is -2.04. The summed E-state index contributed by atoms with van der Waals surface area (Å²) in [4.78, 5) is 11.9. The molecule has 1 aromatic carbocycles. The number of aromatic hydroxyl groups is 2. The van der Waals surface area contributed by atoms with E-state index in [0.717, 1.165) is 25.3 Å². The molecule has 0 aliphatic heterocycles. The van der Waals surface area contributed by atoms with Crippen LogP contribution in [0, 0.1) is 0 Å². The van der Waals surface area contributed by atoms with Crippen molar-refractivity contribution >= 4 is 10.8 Å². The van der Waals surface area contributed by atoms with Crippen LogP contribution in [0.1, 0.15) is 38.4 Å². The number of aryl methyl sites for hydroxylation is 1. The second kappa shape index (κ2) is 7.83. The highest BCUT2D eigenvalue weighted by Crippen LogP contribution is 2.28. The van der Waals surface area contributed by atoms with Crippen molar-refractivity contribution < 1.29 is 19.7 Å². The minimum absolute atomic E-state index is 0.0881. The minimum Gasteiger partial charge on any atom is -0.508 e. The van der Waals surface area contributed by atoms with E-state index in [2.05, 4.69) is 0 Å². The molecule has 0 unspecified atom stereocenters. The van der Waals surface area contributed by atoms with Crippen LogP contribution >= 0.6 is 0 Å². The predicted octanol–water partition coefficient (Wildman–Crippen LogP) is 3.24. The Kier molecular flexibility index (Phi) is 5.82. The van der Waals surface area contributed by atoms with Gasteiger partial charge >= 0.3 is 5.63 Å². The summed E-state index contributed by atoms with van der Waals surface area (Å²) in [6.45, 7) is 1.75. The van der Waals surface area contributed by atoms with Gasteiger partial charge in [0.05, 0.1) is 6.10 Å². The van der Waals surface area contributed by atoms with Crippen molar-refractivity contribution in [3.8, 4) is 11.5 Å². The molecule has 0 saturated carbocycles. The number of rotatable bonds is 7. The van der Waals surface area contributed by atoms with E-state index in [1.165, 1.54) is 6.07 Å². The van der Waals surface area contributed by atoms with Gasteiger partial charge in [0.15, 0.2) is 0 Å². The molecule has 0 bridgehead atoms. The molecule has 5 heteroatoms. The number of hydrogen-bond donors (Lipinski definition) is 3. The second-order valence-electron chi connectivity index (χ2n) is 5.73. The van der Waals surface area contributed by atoms with Crippen LogP contribution in [0.4, 0.5) is 0 Å². The Bertz CT molecular complexity index is 743. The van der Waals surface area contributed by atoms with Crippen molar-refractivity contribution in [3.05, 3.63) is 46.5 Å². The summed E-state index contributed by atoms with van der Waals surface area (Å²) in [6, 6.07) is 4.24. The number of hydrogen-bond acceptors (Lipinski definition) is 5. The SMILES string of the molecule is C[C@H](O)CC=CCCCCc1cc2cc(O)cc(O)c2c(=O)o1. The molecule has 0 fully saturated rings. The molecule has 1 heterocycles. The average Bonchev–Trinajstić information content (AvgIpc) is 2.44. The molecule has 124 valence electrons. The quantitative estimate of drug-likeness (QED) is 0.538. The summed E-state index contributed by atoms with van der Waals surface area (Å²) in [7, 11) is 0. The minimum atomic E-state index is -0.591. The van der Waals surface area contributed by atoms with Crippen LogP contribution in [0.5, 0.6) is 11.5 Å². The first kappa shape index (κ1) is 17.1. The van der Waals surface area contributed by atoms with E-state index in [0.29, 0.717) is 24.0 Å². The number of phenolic OH excluding ortho intramolecular Hbond substituents is 2. The molecule has 0 aliphatic carbocycles. The third-order valence-corrected chi connectivity index (χ3v) is 3.57. The molecule has 2 aromatic rings. The van der Waals surface area contributed by atoms with Crippen molar-refractivity contribution in [3.63, 3.8) is 0 Å². The topological polar surface area (TPSA) is 90.9 Å². The number of benzene rings is 1. The molecular formula is C18H22O5.